The first kappa shape index (κ1) is 21.1. The summed E-state index contributed by atoms with van der Waals surface area (Å²) in [5.74, 6) is 1.26. The van der Waals surface area contributed by atoms with Gasteiger partial charge < -0.3 is 19.7 Å². The first-order valence-electron chi connectivity index (χ1n) is 9.49. The van der Waals surface area contributed by atoms with Gasteiger partial charge in [0.05, 0.1) is 36.9 Å². The largest absolute Gasteiger partial charge is 0.497 e. The zero-order chi connectivity index (χ0) is 21.0. The third kappa shape index (κ3) is 4.89. The quantitative estimate of drug-likeness (QED) is 0.710. The van der Waals surface area contributed by atoms with E-state index in [0.717, 1.165) is 47.6 Å². The monoisotopic (exact) mass is 419 g/mol. The molecule has 1 aliphatic rings. The summed E-state index contributed by atoms with van der Waals surface area (Å²) in [5.41, 5.74) is 1.36. The lowest BCUT2D eigenvalue weighted by molar-refractivity contribution is -0.910. The Morgan fingerprint density at radius 2 is 1.93 bits per heavy atom. The van der Waals surface area contributed by atoms with Crippen molar-refractivity contribution in [3.63, 3.8) is 0 Å². The van der Waals surface area contributed by atoms with Gasteiger partial charge in [-0.1, -0.05) is 12.1 Å². The molecule has 1 saturated heterocycles. The van der Waals surface area contributed by atoms with Crippen LogP contribution in [0.4, 0.5) is 5.69 Å². The Bertz CT molecular complexity index is 990. The van der Waals surface area contributed by atoms with Crippen molar-refractivity contribution in [2.24, 2.45) is 0 Å². The molecule has 2 aromatic carbocycles. The lowest BCUT2D eigenvalue weighted by atomic mass is 10.0. The van der Waals surface area contributed by atoms with Gasteiger partial charge in [0.1, 0.15) is 17.5 Å². The fraction of sp³-hybridized carbons (Fsp3) is 0.381. The van der Waals surface area contributed by atoms with Crippen LogP contribution in [0.25, 0.3) is 0 Å². The summed E-state index contributed by atoms with van der Waals surface area (Å²) in [5, 5.41) is 2.77. The number of rotatable bonds is 7. The van der Waals surface area contributed by atoms with Crippen molar-refractivity contribution in [1.29, 1.82) is 0 Å². The van der Waals surface area contributed by atoms with Gasteiger partial charge >= 0.3 is 0 Å². The van der Waals surface area contributed by atoms with Crippen molar-refractivity contribution >= 4 is 21.4 Å². The van der Waals surface area contributed by atoms with Crippen molar-refractivity contribution in [2.45, 2.75) is 23.8 Å². The van der Waals surface area contributed by atoms with E-state index in [1.165, 1.54) is 6.07 Å². The maximum absolute atomic E-state index is 12.7. The number of quaternary nitrogens is 1. The number of anilines is 1. The molecule has 3 rings (SSSR count). The molecular formula is C21H27N2O5S+. The third-order valence-corrected chi connectivity index (χ3v) is 6.40. The molecule has 0 saturated carbocycles. The number of ether oxygens (including phenoxy) is 2. The number of amides is 1. The van der Waals surface area contributed by atoms with Crippen molar-refractivity contribution in [2.75, 3.05) is 38.9 Å². The molecule has 1 unspecified atom stereocenters. The molecule has 8 heteroatoms. The smallest absolute Gasteiger partial charge is 0.279 e. The molecule has 0 aromatic heterocycles. The van der Waals surface area contributed by atoms with Crippen LogP contribution in [0.15, 0.2) is 47.4 Å². The number of nitrogens with one attached hydrogen (secondary N) is 2. The van der Waals surface area contributed by atoms with Gasteiger partial charge in [0, 0.05) is 25.2 Å². The van der Waals surface area contributed by atoms with E-state index in [4.69, 9.17) is 9.47 Å². The van der Waals surface area contributed by atoms with Gasteiger partial charge in [-0.2, -0.15) is 0 Å². The average Bonchev–Trinajstić information content (AvgIpc) is 3.14. The van der Waals surface area contributed by atoms with Gasteiger partial charge in [0.15, 0.2) is 16.4 Å². The minimum Gasteiger partial charge on any atom is -0.497 e. The molecule has 1 amide bonds. The van der Waals surface area contributed by atoms with E-state index in [-0.39, 0.29) is 23.4 Å². The predicted octanol–water partition coefficient (Wildman–Crippen LogP) is 1.47. The van der Waals surface area contributed by atoms with Crippen LogP contribution < -0.4 is 19.7 Å². The summed E-state index contributed by atoms with van der Waals surface area (Å²) >= 11 is 0. The van der Waals surface area contributed by atoms with E-state index in [0.29, 0.717) is 5.69 Å². The molecule has 2 aromatic rings. The standard InChI is InChI=1S/C21H26N2O5S/c1-27-15-10-11-16(19(13-15)28-2)18-8-6-12-23(18)14-21(24)22-17-7-4-5-9-20(17)29(3,25)26/h4-5,7,9-11,13,18H,6,8,12,14H2,1-3H3,(H,22,24)/p+1/t18-/m1/s1. The summed E-state index contributed by atoms with van der Waals surface area (Å²) in [4.78, 5) is 14.0. The summed E-state index contributed by atoms with van der Waals surface area (Å²) < 4.78 is 34.7. The fourth-order valence-electron chi connectivity index (χ4n) is 3.90. The zero-order valence-electron chi connectivity index (χ0n) is 16.9. The molecule has 2 N–H and O–H groups in total. The maximum atomic E-state index is 12.7. The highest BCUT2D eigenvalue weighted by Crippen LogP contribution is 2.31. The molecule has 1 aliphatic heterocycles. The summed E-state index contributed by atoms with van der Waals surface area (Å²) in [7, 11) is -0.188. The Balaban J connectivity index is 1.76. The normalized spacial score (nSPS) is 19.0. The molecule has 0 spiro atoms. The van der Waals surface area contributed by atoms with Gasteiger partial charge in [-0.05, 0) is 24.3 Å². The molecule has 156 valence electrons. The van der Waals surface area contributed by atoms with E-state index >= 15 is 0 Å². The molecule has 1 fully saturated rings. The minimum absolute atomic E-state index is 0.123. The van der Waals surface area contributed by atoms with Gasteiger partial charge in [-0.3, -0.25) is 4.79 Å². The number of benzene rings is 2. The summed E-state index contributed by atoms with van der Waals surface area (Å²) in [6.45, 7) is 1.11. The van der Waals surface area contributed by atoms with Crippen LogP contribution in [0.1, 0.15) is 24.4 Å². The second-order valence-corrected chi connectivity index (χ2v) is 9.19. The number of carbonyl (C=O) groups is 1. The van der Waals surface area contributed by atoms with E-state index in [1.54, 1.807) is 32.4 Å². The Kier molecular flexibility index (Phi) is 6.44. The first-order valence-corrected chi connectivity index (χ1v) is 11.4. The van der Waals surface area contributed by atoms with Gasteiger partial charge in [-0.25, -0.2) is 8.42 Å². The fourth-order valence-corrected chi connectivity index (χ4v) is 4.74. The average molecular weight is 420 g/mol. The Morgan fingerprint density at radius 3 is 2.62 bits per heavy atom. The molecule has 0 aliphatic carbocycles. The van der Waals surface area contributed by atoms with Gasteiger partial charge in [0.25, 0.3) is 5.91 Å². The number of hydrogen-bond donors (Lipinski definition) is 2. The van der Waals surface area contributed by atoms with Crippen molar-refractivity contribution in [3.8, 4) is 11.5 Å². The van der Waals surface area contributed by atoms with Crippen LogP contribution in [0.3, 0.4) is 0 Å². The number of hydrogen-bond acceptors (Lipinski definition) is 5. The van der Waals surface area contributed by atoms with E-state index in [1.807, 2.05) is 18.2 Å². The first-order chi connectivity index (χ1) is 13.8. The molecule has 0 radical (unpaired) electrons. The summed E-state index contributed by atoms with van der Waals surface area (Å²) in [6, 6.07) is 12.3. The molecular weight excluding hydrogens is 392 g/mol. The maximum Gasteiger partial charge on any atom is 0.279 e. The molecule has 2 atom stereocenters. The van der Waals surface area contributed by atoms with Crippen molar-refractivity contribution in [1.82, 2.24) is 0 Å². The Hall–Kier alpha value is -2.58. The molecule has 7 nitrogen and oxygen atoms in total. The highest BCUT2D eigenvalue weighted by molar-refractivity contribution is 7.90. The van der Waals surface area contributed by atoms with Crippen molar-refractivity contribution in [3.05, 3.63) is 48.0 Å². The number of methoxy groups -OCH3 is 2. The second-order valence-electron chi connectivity index (χ2n) is 7.20. The van der Waals surface area contributed by atoms with E-state index < -0.39 is 9.84 Å². The van der Waals surface area contributed by atoms with Crippen LogP contribution in [0.5, 0.6) is 11.5 Å². The third-order valence-electron chi connectivity index (χ3n) is 5.25. The van der Waals surface area contributed by atoms with Crippen LogP contribution in [0, 0.1) is 0 Å². The van der Waals surface area contributed by atoms with Crippen LogP contribution in [0.2, 0.25) is 0 Å². The van der Waals surface area contributed by atoms with Gasteiger partial charge in [0.2, 0.25) is 0 Å². The van der Waals surface area contributed by atoms with Gasteiger partial charge in [-0.15, -0.1) is 0 Å². The Morgan fingerprint density at radius 1 is 1.17 bits per heavy atom. The second kappa shape index (κ2) is 8.84. The van der Waals surface area contributed by atoms with E-state index in [2.05, 4.69) is 5.32 Å². The summed E-state index contributed by atoms with van der Waals surface area (Å²) in [6.07, 6.45) is 3.09. The highest BCUT2D eigenvalue weighted by Gasteiger charge is 2.34. The van der Waals surface area contributed by atoms with E-state index in [9.17, 15) is 13.2 Å². The number of likely N-dealkylation sites (tertiary alicyclic amines) is 1. The predicted molar refractivity (Wildman–Crippen MR) is 110 cm³/mol. The van der Waals surface area contributed by atoms with Crippen LogP contribution >= 0.6 is 0 Å². The minimum atomic E-state index is -3.43. The van der Waals surface area contributed by atoms with Crippen molar-refractivity contribution < 1.29 is 27.6 Å². The number of sulfone groups is 1. The molecule has 0 bridgehead atoms. The zero-order valence-corrected chi connectivity index (χ0v) is 17.7. The number of para-hydroxylation sites is 1. The topological polar surface area (TPSA) is 86.1 Å². The Labute approximate surface area is 171 Å². The lowest BCUT2D eigenvalue weighted by Crippen LogP contribution is -3.11. The number of carbonyl (C=O) groups excluding carboxylic acids is 1. The highest BCUT2D eigenvalue weighted by atomic mass is 32.2. The lowest BCUT2D eigenvalue weighted by Gasteiger charge is -2.23. The molecule has 29 heavy (non-hydrogen) atoms. The van der Waals surface area contributed by atoms with Crippen LogP contribution in [-0.2, 0) is 14.6 Å². The molecule has 1 heterocycles. The van der Waals surface area contributed by atoms with Crippen LogP contribution in [-0.4, -0.2) is 47.9 Å². The SMILES string of the molecule is COc1ccc([C@H]2CCC[NH+]2CC(=O)Nc2ccccc2S(C)(=O)=O)c(OC)c1.